The lowest BCUT2D eigenvalue weighted by Gasteiger charge is -2.23. The summed E-state index contributed by atoms with van der Waals surface area (Å²) in [5, 5.41) is 0. The normalized spacial score (nSPS) is 14.1. The number of aryl methyl sites for hydroxylation is 1. The number of benzene rings is 2. The van der Waals surface area contributed by atoms with Crippen LogP contribution in [0.3, 0.4) is 0 Å². The van der Waals surface area contributed by atoms with E-state index < -0.39 is 16.1 Å². The molecule has 0 heterocycles. The summed E-state index contributed by atoms with van der Waals surface area (Å²) in [7, 11) is -3.67. The molecule has 0 saturated heterocycles. The van der Waals surface area contributed by atoms with E-state index in [1.54, 1.807) is 24.3 Å². The first-order valence-electron chi connectivity index (χ1n) is 8.04. The van der Waals surface area contributed by atoms with Crippen LogP contribution in [-0.4, -0.2) is 20.7 Å². The minimum Gasteiger partial charge on any atom is -0.303 e. The predicted octanol–water partition coefficient (Wildman–Crippen LogP) is 3.11. The van der Waals surface area contributed by atoms with E-state index in [2.05, 4.69) is 4.72 Å². The van der Waals surface area contributed by atoms with E-state index >= 15 is 0 Å². The second-order valence-corrected chi connectivity index (χ2v) is 7.65. The van der Waals surface area contributed by atoms with Gasteiger partial charge in [-0.25, -0.2) is 13.1 Å². The van der Waals surface area contributed by atoms with Gasteiger partial charge in [-0.1, -0.05) is 55.0 Å². The van der Waals surface area contributed by atoms with Crippen LogP contribution in [0, 0.1) is 12.8 Å². The first kappa shape index (κ1) is 18.4. The molecular weight excluding hydrogens is 322 g/mol. The number of nitrogens with one attached hydrogen (secondary N) is 1. The Kier molecular flexibility index (Phi) is 6.29. The second kappa shape index (κ2) is 8.22. The van der Waals surface area contributed by atoms with Gasteiger partial charge in [0.15, 0.2) is 0 Å². The third kappa shape index (κ3) is 4.76. The van der Waals surface area contributed by atoms with Gasteiger partial charge in [-0.05, 0) is 37.5 Å². The molecule has 2 aromatic carbocycles. The first-order valence-corrected chi connectivity index (χ1v) is 9.52. The van der Waals surface area contributed by atoms with Gasteiger partial charge in [0.25, 0.3) is 0 Å². The molecule has 24 heavy (non-hydrogen) atoms. The molecule has 0 unspecified atom stereocenters. The molecule has 0 bridgehead atoms. The number of carbonyl (C=O) groups excluding carboxylic acids is 1. The van der Waals surface area contributed by atoms with Gasteiger partial charge in [-0.2, -0.15) is 0 Å². The molecule has 0 saturated carbocycles. The fourth-order valence-corrected chi connectivity index (χ4v) is 3.90. The van der Waals surface area contributed by atoms with Gasteiger partial charge < -0.3 is 4.79 Å². The van der Waals surface area contributed by atoms with Crippen LogP contribution in [0.5, 0.6) is 0 Å². The van der Waals surface area contributed by atoms with Gasteiger partial charge in [0.05, 0.1) is 4.90 Å². The Bertz CT molecular complexity index is 755. The molecule has 2 aromatic rings. The van der Waals surface area contributed by atoms with Crippen molar-refractivity contribution < 1.29 is 13.2 Å². The molecule has 0 fully saturated rings. The van der Waals surface area contributed by atoms with E-state index in [0.717, 1.165) is 17.4 Å². The van der Waals surface area contributed by atoms with Crippen molar-refractivity contribution in [3.8, 4) is 0 Å². The Morgan fingerprint density at radius 1 is 1.04 bits per heavy atom. The highest BCUT2D eigenvalue weighted by Gasteiger charge is 2.26. The molecular formula is C19H23NO3S. The Morgan fingerprint density at radius 3 is 2.21 bits per heavy atom. The molecule has 5 heteroatoms. The molecule has 0 aliphatic carbocycles. The quantitative estimate of drug-likeness (QED) is 0.748. The molecule has 0 spiro atoms. The summed E-state index contributed by atoms with van der Waals surface area (Å²) in [6.07, 6.45) is 1.89. The van der Waals surface area contributed by atoms with Crippen LogP contribution in [-0.2, 0) is 21.2 Å². The Morgan fingerprint density at radius 2 is 1.67 bits per heavy atom. The summed E-state index contributed by atoms with van der Waals surface area (Å²) >= 11 is 0. The third-order valence-electron chi connectivity index (χ3n) is 4.10. The molecule has 4 nitrogen and oxygen atoms in total. The standard InChI is InChI=1S/C19H23NO3S/c1-3-17(14-21)19(13-16-7-5-4-6-8-16)20-24(22,23)18-11-9-15(2)10-12-18/h4-12,14,17,19-20H,3,13H2,1-2H3/t17-,19+/m0/s1. The zero-order chi connectivity index (χ0) is 17.6. The van der Waals surface area contributed by atoms with Crippen LogP contribution in [0.25, 0.3) is 0 Å². The maximum absolute atomic E-state index is 12.7. The Balaban J connectivity index is 2.26. The van der Waals surface area contributed by atoms with E-state index in [1.165, 1.54) is 0 Å². The van der Waals surface area contributed by atoms with Crippen LogP contribution >= 0.6 is 0 Å². The van der Waals surface area contributed by atoms with Crippen molar-refractivity contribution in [3.63, 3.8) is 0 Å². The highest BCUT2D eigenvalue weighted by molar-refractivity contribution is 7.89. The van der Waals surface area contributed by atoms with Crippen molar-refractivity contribution in [3.05, 3.63) is 65.7 Å². The van der Waals surface area contributed by atoms with Crippen molar-refractivity contribution >= 4 is 16.3 Å². The van der Waals surface area contributed by atoms with Gasteiger partial charge in [-0.3, -0.25) is 0 Å². The summed E-state index contributed by atoms with van der Waals surface area (Å²) in [5.41, 5.74) is 1.99. The number of aldehydes is 1. The van der Waals surface area contributed by atoms with Crippen LogP contribution in [0.4, 0.5) is 0 Å². The van der Waals surface area contributed by atoms with Crippen LogP contribution < -0.4 is 4.72 Å². The van der Waals surface area contributed by atoms with E-state index in [4.69, 9.17) is 0 Å². The number of sulfonamides is 1. The van der Waals surface area contributed by atoms with Crippen LogP contribution in [0.1, 0.15) is 24.5 Å². The zero-order valence-corrected chi connectivity index (χ0v) is 14.8. The number of hydrogen-bond acceptors (Lipinski definition) is 3. The molecule has 0 amide bonds. The minimum atomic E-state index is -3.67. The topological polar surface area (TPSA) is 63.2 Å². The van der Waals surface area contributed by atoms with Gasteiger partial charge in [0.1, 0.15) is 6.29 Å². The average molecular weight is 345 g/mol. The smallest absolute Gasteiger partial charge is 0.240 e. The predicted molar refractivity (Wildman–Crippen MR) is 95.3 cm³/mol. The number of hydrogen-bond donors (Lipinski definition) is 1. The lowest BCUT2D eigenvalue weighted by Crippen LogP contribution is -2.42. The van der Waals surface area contributed by atoms with E-state index in [1.807, 2.05) is 44.2 Å². The highest BCUT2D eigenvalue weighted by Crippen LogP contribution is 2.17. The van der Waals surface area contributed by atoms with Gasteiger partial charge in [-0.15, -0.1) is 0 Å². The summed E-state index contributed by atoms with van der Waals surface area (Å²) in [6, 6.07) is 15.8. The number of rotatable bonds is 8. The molecule has 2 atom stereocenters. The fourth-order valence-electron chi connectivity index (χ4n) is 2.61. The number of carbonyl (C=O) groups is 1. The van der Waals surface area contributed by atoms with E-state index in [0.29, 0.717) is 12.8 Å². The summed E-state index contributed by atoms with van der Waals surface area (Å²) < 4.78 is 28.0. The van der Waals surface area contributed by atoms with Crippen molar-refractivity contribution in [2.75, 3.05) is 0 Å². The summed E-state index contributed by atoms with van der Waals surface area (Å²) in [6.45, 7) is 3.79. The third-order valence-corrected chi connectivity index (χ3v) is 5.61. The minimum absolute atomic E-state index is 0.215. The SMILES string of the molecule is CC[C@@H](C=O)[C@@H](Cc1ccccc1)NS(=O)(=O)c1ccc(C)cc1. The van der Waals surface area contributed by atoms with Gasteiger partial charge in [0.2, 0.25) is 10.0 Å². The lowest BCUT2D eigenvalue weighted by atomic mass is 9.93. The van der Waals surface area contributed by atoms with Crippen molar-refractivity contribution in [1.82, 2.24) is 4.72 Å². The molecule has 0 aliphatic rings. The molecule has 2 rings (SSSR count). The lowest BCUT2D eigenvalue weighted by molar-refractivity contribution is -0.111. The van der Waals surface area contributed by atoms with Crippen molar-refractivity contribution in [2.45, 2.75) is 37.6 Å². The van der Waals surface area contributed by atoms with Crippen molar-refractivity contribution in [1.29, 1.82) is 0 Å². The molecule has 0 aliphatic heterocycles. The van der Waals surface area contributed by atoms with Gasteiger partial charge in [0, 0.05) is 12.0 Å². The molecule has 0 aromatic heterocycles. The zero-order valence-electron chi connectivity index (χ0n) is 14.0. The van der Waals surface area contributed by atoms with Crippen LogP contribution in [0.2, 0.25) is 0 Å². The van der Waals surface area contributed by atoms with Crippen molar-refractivity contribution in [2.24, 2.45) is 5.92 Å². The fraction of sp³-hybridized carbons (Fsp3) is 0.316. The van der Waals surface area contributed by atoms with Gasteiger partial charge >= 0.3 is 0 Å². The van der Waals surface area contributed by atoms with E-state index in [-0.39, 0.29) is 10.8 Å². The Hall–Kier alpha value is -1.98. The summed E-state index contributed by atoms with van der Waals surface area (Å²) in [5.74, 6) is -0.370. The maximum Gasteiger partial charge on any atom is 0.240 e. The summed E-state index contributed by atoms with van der Waals surface area (Å²) in [4.78, 5) is 11.6. The molecule has 1 N–H and O–H groups in total. The largest absolute Gasteiger partial charge is 0.303 e. The second-order valence-electron chi connectivity index (χ2n) is 5.94. The monoisotopic (exact) mass is 345 g/mol. The first-order chi connectivity index (χ1) is 11.5. The van der Waals surface area contributed by atoms with E-state index in [9.17, 15) is 13.2 Å². The maximum atomic E-state index is 12.7. The molecule has 128 valence electrons. The highest BCUT2D eigenvalue weighted by atomic mass is 32.2. The Labute approximate surface area is 144 Å². The molecule has 0 radical (unpaired) electrons. The average Bonchev–Trinajstić information content (AvgIpc) is 2.57. The van der Waals surface area contributed by atoms with Crippen LogP contribution in [0.15, 0.2) is 59.5 Å².